The highest BCUT2D eigenvalue weighted by Gasteiger charge is 2.24. The Morgan fingerprint density at radius 3 is 2.58 bits per heavy atom. The first-order valence-electron chi connectivity index (χ1n) is 8.18. The van der Waals surface area contributed by atoms with Gasteiger partial charge in [-0.05, 0) is 23.3 Å². The summed E-state index contributed by atoms with van der Waals surface area (Å²) in [6, 6.07) is 10.7. The van der Waals surface area contributed by atoms with Crippen molar-refractivity contribution in [1.29, 1.82) is 0 Å². The van der Waals surface area contributed by atoms with E-state index in [0.29, 0.717) is 12.1 Å². The van der Waals surface area contributed by atoms with E-state index in [2.05, 4.69) is 9.97 Å². The molecule has 0 aliphatic rings. The molecule has 3 rings (SSSR count). The number of aromatic carboxylic acids is 1. The molecule has 0 fully saturated rings. The molecule has 0 saturated carbocycles. The third-order valence-electron chi connectivity index (χ3n) is 3.89. The van der Waals surface area contributed by atoms with E-state index in [1.54, 1.807) is 6.07 Å². The maximum Gasteiger partial charge on any atom is 0.347 e. The minimum absolute atomic E-state index is 0.200. The van der Waals surface area contributed by atoms with Crippen LogP contribution >= 0.6 is 11.3 Å². The van der Waals surface area contributed by atoms with Crippen molar-refractivity contribution in [3.05, 3.63) is 69.7 Å². The molecule has 0 unspecified atom stereocenters. The predicted octanol–water partition coefficient (Wildman–Crippen LogP) is 4.93. The van der Waals surface area contributed by atoms with Gasteiger partial charge in [0.2, 0.25) is 5.95 Å². The van der Waals surface area contributed by atoms with Gasteiger partial charge in [-0.3, -0.25) is 0 Å². The molecule has 2 heterocycles. The Labute approximate surface area is 155 Å². The standard InChI is InChI=1S/C20H19FN2O2S/c1-20(2,3)19-23-15(17(26-19)18(24)25)10-12-5-4-6-13(9-12)14-7-8-16(21)22-11-14/h4-9,11H,10H2,1-3H3,(H,24,25). The van der Waals surface area contributed by atoms with E-state index in [1.165, 1.54) is 23.6 Å². The molecule has 0 atom stereocenters. The number of carboxylic acids is 1. The fourth-order valence-corrected chi connectivity index (χ4v) is 3.54. The lowest BCUT2D eigenvalue weighted by molar-refractivity contribution is 0.0701. The number of thiazole rings is 1. The molecule has 0 radical (unpaired) electrons. The van der Waals surface area contributed by atoms with Gasteiger partial charge in [0.05, 0.1) is 10.7 Å². The molecule has 2 aromatic heterocycles. The summed E-state index contributed by atoms with van der Waals surface area (Å²) >= 11 is 1.23. The average Bonchev–Trinajstić information content (AvgIpc) is 3.00. The van der Waals surface area contributed by atoms with Crippen molar-refractivity contribution < 1.29 is 14.3 Å². The summed E-state index contributed by atoms with van der Waals surface area (Å²) in [5.74, 6) is -1.47. The van der Waals surface area contributed by atoms with Crippen LogP contribution in [0.15, 0.2) is 42.6 Å². The molecular formula is C20H19FN2O2S. The lowest BCUT2D eigenvalue weighted by atomic mass is 9.98. The highest BCUT2D eigenvalue weighted by Crippen LogP contribution is 2.31. The van der Waals surface area contributed by atoms with Gasteiger partial charge in [0, 0.05) is 23.6 Å². The van der Waals surface area contributed by atoms with Crippen molar-refractivity contribution in [3.63, 3.8) is 0 Å². The van der Waals surface area contributed by atoms with E-state index in [9.17, 15) is 14.3 Å². The van der Waals surface area contributed by atoms with Gasteiger partial charge in [-0.1, -0.05) is 45.0 Å². The van der Waals surface area contributed by atoms with Gasteiger partial charge in [-0.2, -0.15) is 4.39 Å². The summed E-state index contributed by atoms with van der Waals surface area (Å²) in [5, 5.41) is 10.3. The minimum atomic E-state index is -0.952. The summed E-state index contributed by atoms with van der Waals surface area (Å²) in [7, 11) is 0. The monoisotopic (exact) mass is 370 g/mol. The summed E-state index contributed by atoms with van der Waals surface area (Å²) < 4.78 is 13.0. The van der Waals surface area contributed by atoms with Gasteiger partial charge < -0.3 is 5.11 Å². The second-order valence-corrected chi connectivity index (χ2v) is 8.10. The number of hydrogen-bond donors (Lipinski definition) is 1. The second kappa shape index (κ2) is 6.96. The number of halogens is 1. The molecule has 0 saturated heterocycles. The van der Waals surface area contributed by atoms with Gasteiger partial charge in [-0.25, -0.2) is 14.8 Å². The largest absolute Gasteiger partial charge is 0.477 e. The summed E-state index contributed by atoms with van der Waals surface area (Å²) in [6.45, 7) is 6.05. The number of aromatic nitrogens is 2. The van der Waals surface area contributed by atoms with Gasteiger partial charge in [0.1, 0.15) is 4.88 Å². The minimum Gasteiger partial charge on any atom is -0.477 e. The number of carboxylic acid groups (broad SMARTS) is 1. The van der Waals surface area contributed by atoms with Crippen LogP contribution in [-0.2, 0) is 11.8 Å². The number of benzene rings is 1. The SMILES string of the molecule is CC(C)(C)c1nc(Cc2cccc(-c3ccc(F)nc3)c2)c(C(=O)O)s1. The Hall–Kier alpha value is -2.60. The highest BCUT2D eigenvalue weighted by atomic mass is 32.1. The van der Waals surface area contributed by atoms with E-state index >= 15 is 0 Å². The molecule has 1 aromatic carbocycles. The molecule has 3 aromatic rings. The average molecular weight is 370 g/mol. The molecule has 0 aliphatic carbocycles. The molecule has 1 N–H and O–H groups in total. The second-order valence-electron chi connectivity index (χ2n) is 7.10. The number of rotatable bonds is 4. The van der Waals surface area contributed by atoms with Crippen LogP contribution < -0.4 is 0 Å². The van der Waals surface area contributed by atoms with Gasteiger partial charge >= 0.3 is 5.97 Å². The van der Waals surface area contributed by atoms with E-state index in [1.807, 2.05) is 45.0 Å². The van der Waals surface area contributed by atoms with Crippen molar-refractivity contribution in [1.82, 2.24) is 9.97 Å². The van der Waals surface area contributed by atoms with E-state index in [0.717, 1.165) is 21.7 Å². The molecule has 134 valence electrons. The molecular weight excluding hydrogens is 351 g/mol. The molecule has 0 bridgehead atoms. The fraction of sp³-hybridized carbons (Fsp3) is 0.250. The van der Waals surface area contributed by atoms with E-state index in [4.69, 9.17) is 0 Å². The lowest BCUT2D eigenvalue weighted by Crippen LogP contribution is -2.10. The van der Waals surface area contributed by atoms with Crippen LogP contribution in [-0.4, -0.2) is 21.0 Å². The third-order valence-corrected chi connectivity index (χ3v) is 5.40. The van der Waals surface area contributed by atoms with E-state index < -0.39 is 11.9 Å². The molecule has 0 spiro atoms. The molecule has 6 heteroatoms. The summed E-state index contributed by atoms with van der Waals surface area (Å²) in [4.78, 5) is 20.2. The van der Waals surface area contributed by atoms with Crippen molar-refractivity contribution >= 4 is 17.3 Å². The molecule has 26 heavy (non-hydrogen) atoms. The molecule has 0 aliphatic heterocycles. The topological polar surface area (TPSA) is 63.1 Å². The Morgan fingerprint density at radius 1 is 1.19 bits per heavy atom. The summed E-state index contributed by atoms with van der Waals surface area (Å²) in [5.41, 5.74) is 3.02. The Balaban J connectivity index is 1.94. The highest BCUT2D eigenvalue weighted by molar-refractivity contribution is 7.13. The van der Waals surface area contributed by atoms with Gasteiger partial charge in [0.15, 0.2) is 0 Å². The predicted molar refractivity (Wildman–Crippen MR) is 100 cm³/mol. The van der Waals surface area contributed by atoms with Gasteiger partial charge in [0.25, 0.3) is 0 Å². The smallest absolute Gasteiger partial charge is 0.347 e. The van der Waals surface area contributed by atoms with Crippen LogP contribution in [0.2, 0.25) is 0 Å². The van der Waals surface area contributed by atoms with Crippen LogP contribution in [0, 0.1) is 5.95 Å². The Bertz CT molecular complexity index is 943. The quantitative estimate of drug-likeness (QED) is 0.662. The Kier molecular flexibility index (Phi) is 4.87. The van der Waals surface area contributed by atoms with Crippen LogP contribution in [0.4, 0.5) is 4.39 Å². The van der Waals surface area contributed by atoms with Crippen LogP contribution in [0.25, 0.3) is 11.1 Å². The normalized spacial score (nSPS) is 11.5. The number of nitrogens with zero attached hydrogens (tertiary/aromatic N) is 2. The number of pyridine rings is 1. The third kappa shape index (κ3) is 3.96. The zero-order valence-corrected chi connectivity index (χ0v) is 15.6. The number of hydrogen-bond acceptors (Lipinski definition) is 4. The van der Waals surface area contributed by atoms with Crippen molar-refractivity contribution in [2.75, 3.05) is 0 Å². The number of carbonyl (C=O) groups is 1. The zero-order valence-electron chi connectivity index (χ0n) is 14.8. The van der Waals surface area contributed by atoms with Crippen LogP contribution in [0.5, 0.6) is 0 Å². The van der Waals surface area contributed by atoms with Crippen LogP contribution in [0.3, 0.4) is 0 Å². The van der Waals surface area contributed by atoms with E-state index in [-0.39, 0.29) is 10.3 Å². The summed E-state index contributed by atoms with van der Waals surface area (Å²) in [6.07, 6.45) is 1.91. The first kappa shape index (κ1) is 18.2. The first-order valence-corrected chi connectivity index (χ1v) is 9.00. The van der Waals surface area contributed by atoms with Crippen molar-refractivity contribution in [3.8, 4) is 11.1 Å². The fourth-order valence-electron chi connectivity index (χ4n) is 2.56. The maximum absolute atomic E-state index is 13.0. The van der Waals surface area contributed by atoms with Crippen molar-refractivity contribution in [2.24, 2.45) is 0 Å². The Morgan fingerprint density at radius 2 is 1.96 bits per heavy atom. The zero-order chi connectivity index (χ0) is 18.9. The molecule has 4 nitrogen and oxygen atoms in total. The van der Waals surface area contributed by atoms with Crippen LogP contribution in [0.1, 0.15) is 46.7 Å². The first-order chi connectivity index (χ1) is 12.2. The van der Waals surface area contributed by atoms with Gasteiger partial charge in [-0.15, -0.1) is 11.3 Å². The molecule has 0 amide bonds. The lowest BCUT2D eigenvalue weighted by Gasteiger charge is -2.13. The van der Waals surface area contributed by atoms with Crippen molar-refractivity contribution in [2.45, 2.75) is 32.6 Å². The maximum atomic E-state index is 13.0.